The maximum atomic E-state index is 6.11. The van der Waals surface area contributed by atoms with E-state index in [1.807, 2.05) is 65.7 Å². The number of rotatable bonds is 6. The Balaban J connectivity index is 1.80. The third-order valence-corrected chi connectivity index (χ3v) is 5.75. The topological polar surface area (TPSA) is 43.3 Å². The molecule has 3 aromatic rings. The fourth-order valence-corrected chi connectivity index (χ4v) is 3.96. The van der Waals surface area contributed by atoms with Crippen molar-refractivity contribution in [2.24, 2.45) is 5.10 Å². The van der Waals surface area contributed by atoms with Crippen LogP contribution in [-0.4, -0.2) is 27.0 Å². The van der Waals surface area contributed by atoms with Crippen LogP contribution in [-0.2, 0) is 0 Å². The molecule has 3 aromatic carbocycles. The zero-order valence-corrected chi connectivity index (χ0v) is 18.9. The van der Waals surface area contributed by atoms with Crippen molar-refractivity contribution in [2.45, 2.75) is 12.5 Å². The van der Waals surface area contributed by atoms with Gasteiger partial charge in [-0.15, -0.1) is 0 Å². The van der Waals surface area contributed by atoms with Gasteiger partial charge in [0.15, 0.2) is 11.5 Å². The maximum Gasteiger partial charge on any atom is 0.203 e. The van der Waals surface area contributed by atoms with Crippen molar-refractivity contribution in [3.8, 4) is 17.2 Å². The van der Waals surface area contributed by atoms with E-state index in [4.69, 9.17) is 42.5 Å². The first kappa shape index (κ1) is 21.3. The summed E-state index contributed by atoms with van der Waals surface area (Å²) in [7, 11) is 4.82. The molecular weight excluding hydrogens is 435 g/mol. The van der Waals surface area contributed by atoms with Crippen LogP contribution in [0.25, 0.3) is 0 Å². The summed E-state index contributed by atoms with van der Waals surface area (Å²) in [5.74, 6) is 1.77. The number of nitrogens with zero attached hydrogens (tertiary/aromatic N) is 2. The number of methoxy groups -OCH3 is 3. The zero-order valence-electron chi connectivity index (χ0n) is 17.4. The molecule has 1 aliphatic rings. The summed E-state index contributed by atoms with van der Waals surface area (Å²) in [6.07, 6.45) is 0.697. The number of hydrogen-bond donors (Lipinski definition) is 0. The van der Waals surface area contributed by atoms with Gasteiger partial charge in [-0.05, 0) is 59.7 Å². The van der Waals surface area contributed by atoms with Gasteiger partial charge in [-0.1, -0.05) is 35.3 Å². The van der Waals surface area contributed by atoms with E-state index >= 15 is 0 Å². The number of benzene rings is 3. The molecule has 0 fully saturated rings. The summed E-state index contributed by atoms with van der Waals surface area (Å²) >= 11 is 12.2. The molecule has 0 saturated heterocycles. The fraction of sp³-hybridized carbons (Fsp3) is 0.208. The lowest BCUT2D eigenvalue weighted by Crippen LogP contribution is -2.18. The SMILES string of the molecule is COc1cc(C2CC(c3ccc(Cl)cc3)=NN2c2ccc(Cl)cc2)cc(OC)c1OC. The molecule has 160 valence electrons. The third-order valence-electron chi connectivity index (χ3n) is 5.25. The molecule has 0 radical (unpaired) electrons. The standard InChI is InChI=1S/C24H22Cl2N2O3/c1-29-22-12-16(13-23(30-2)24(22)31-3)21-14-20(15-4-6-17(25)7-5-15)27-28(21)19-10-8-18(26)9-11-19/h4-13,21H,14H2,1-3H3. The fourth-order valence-electron chi connectivity index (χ4n) is 3.71. The van der Waals surface area contributed by atoms with Crippen molar-refractivity contribution in [2.75, 3.05) is 26.3 Å². The molecule has 0 aromatic heterocycles. The van der Waals surface area contributed by atoms with Gasteiger partial charge in [0, 0.05) is 16.5 Å². The summed E-state index contributed by atoms with van der Waals surface area (Å²) in [5, 5.41) is 8.32. The van der Waals surface area contributed by atoms with Gasteiger partial charge >= 0.3 is 0 Å². The Bertz CT molecular complexity index is 1070. The van der Waals surface area contributed by atoms with Crippen LogP contribution in [0.5, 0.6) is 17.2 Å². The second-order valence-corrected chi connectivity index (χ2v) is 7.93. The largest absolute Gasteiger partial charge is 0.493 e. The molecule has 1 atom stereocenters. The van der Waals surface area contributed by atoms with Crippen LogP contribution in [0.15, 0.2) is 65.8 Å². The van der Waals surface area contributed by atoms with E-state index in [0.717, 1.165) is 22.5 Å². The van der Waals surface area contributed by atoms with Crippen LogP contribution in [0.2, 0.25) is 10.0 Å². The van der Waals surface area contributed by atoms with Gasteiger partial charge in [0.2, 0.25) is 5.75 Å². The Labute approximate surface area is 191 Å². The summed E-state index contributed by atoms with van der Waals surface area (Å²) in [6, 6.07) is 19.2. The Hall–Kier alpha value is -2.89. The van der Waals surface area contributed by atoms with Gasteiger partial charge < -0.3 is 14.2 Å². The number of hydrogen-bond acceptors (Lipinski definition) is 5. The van der Waals surface area contributed by atoms with E-state index in [9.17, 15) is 0 Å². The van der Waals surface area contributed by atoms with Gasteiger partial charge in [-0.3, -0.25) is 5.01 Å². The van der Waals surface area contributed by atoms with Crippen LogP contribution in [0.3, 0.4) is 0 Å². The van der Waals surface area contributed by atoms with Gasteiger partial charge in [-0.2, -0.15) is 5.10 Å². The lowest BCUT2D eigenvalue weighted by molar-refractivity contribution is 0.323. The maximum absolute atomic E-state index is 6.11. The lowest BCUT2D eigenvalue weighted by Gasteiger charge is -2.25. The van der Waals surface area contributed by atoms with Crippen molar-refractivity contribution in [3.63, 3.8) is 0 Å². The van der Waals surface area contributed by atoms with Crippen molar-refractivity contribution >= 4 is 34.6 Å². The first-order chi connectivity index (χ1) is 15.0. The van der Waals surface area contributed by atoms with Crippen LogP contribution < -0.4 is 19.2 Å². The molecule has 0 N–H and O–H groups in total. The van der Waals surface area contributed by atoms with Crippen LogP contribution in [0.4, 0.5) is 5.69 Å². The van der Waals surface area contributed by atoms with Crippen molar-refractivity contribution in [1.29, 1.82) is 0 Å². The van der Waals surface area contributed by atoms with E-state index in [-0.39, 0.29) is 6.04 Å². The molecule has 1 unspecified atom stereocenters. The second-order valence-electron chi connectivity index (χ2n) is 7.05. The highest BCUT2D eigenvalue weighted by Crippen LogP contribution is 2.44. The van der Waals surface area contributed by atoms with E-state index in [1.54, 1.807) is 21.3 Å². The number of hydrazone groups is 1. The average molecular weight is 457 g/mol. The predicted octanol–water partition coefficient (Wildman–Crippen LogP) is 6.37. The van der Waals surface area contributed by atoms with E-state index in [0.29, 0.717) is 33.7 Å². The first-order valence-corrected chi connectivity index (χ1v) is 10.5. The highest BCUT2D eigenvalue weighted by molar-refractivity contribution is 6.31. The van der Waals surface area contributed by atoms with Crippen LogP contribution >= 0.6 is 23.2 Å². The quantitative estimate of drug-likeness (QED) is 0.431. The van der Waals surface area contributed by atoms with Crippen LogP contribution in [0, 0.1) is 0 Å². The third kappa shape index (κ3) is 4.29. The number of anilines is 1. The zero-order chi connectivity index (χ0) is 22.0. The molecule has 1 aliphatic heterocycles. The molecule has 0 saturated carbocycles. The molecule has 4 rings (SSSR count). The Morgan fingerprint density at radius 1 is 0.806 bits per heavy atom. The van der Waals surface area contributed by atoms with Crippen molar-refractivity contribution in [1.82, 2.24) is 0 Å². The predicted molar refractivity (Wildman–Crippen MR) is 125 cm³/mol. The summed E-state index contributed by atoms with van der Waals surface area (Å²) in [5.41, 5.74) is 3.92. The van der Waals surface area contributed by atoms with Crippen molar-refractivity contribution in [3.05, 3.63) is 81.8 Å². The number of ether oxygens (including phenoxy) is 3. The Morgan fingerprint density at radius 3 is 1.87 bits per heavy atom. The molecule has 1 heterocycles. The molecule has 7 heteroatoms. The highest BCUT2D eigenvalue weighted by Gasteiger charge is 2.31. The molecule has 5 nitrogen and oxygen atoms in total. The van der Waals surface area contributed by atoms with Gasteiger partial charge in [0.1, 0.15) is 0 Å². The molecule has 31 heavy (non-hydrogen) atoms. The minimum Gasteiger partial charge on any atom is -0.493 e. The smallest absolute Gasteiger partial charge is 0.203 e. The molecule has 0 spiro atoms. The van der Waals surface area contributed by atoms with E-state index in [1.165, 1.54) is 0 Å². The number of halogens is 2. The average Bonchev–Trinajstić information content (AvgIpc) is 3.24. The summed E-state index contributed by atoms with van der Waals surface area (Å²) in [4.78, 5) is 0. The lowest BCUT2D eigenvalue weighted by atomic mass is 9.97. The Morgan fingerprint density at radius 2 is 1.35 bits per heavy atom. The minimum absolute atomic E-state index is 0.0689. The highest BCUT2D eigenvalue weighted by atomic mass is 35.5. The molecule has 0 bridgehead atoms. The van der Waals surface area contributed by atoms with Gasteiger partial charge in [0.05, 0.1) is 38.8 Å². The first-order valence-electron chi connectivity index (χ1n) is 9.72. The minimum atomic E-state index is -0.0689. The monoisotopic (exact) mass is 456 g/mol. The summed E-state index contributed by atoms with van der Waals surface area (Å²) < 4.78 is 16.6. The van der Waals surface area contributed by atoms with Gasteiger partial charge in [-0.25, -0.2) is 0 Å². The van der Waals surface area contributed by atoms with Gasteiger partial charge in [0.25, 0.3) is 0 Å². The van der Waals surface area contributed by atoms with Crippen LogP contribution in [0.1, 0.15) is 23.6 Å². The van der Waals surface area contributed by atoms with E-state index < -0.39 is 0 Å². The van der Waals surface area contributed by atoms with E-state index in [2.05, 4.69) is 0 Å². The van der Waals surface area contributed by atoms with Crippen molar-refractivity contribution < 1.29 is 14.2 Å². The summed E-state index contributed by atoms with van der Waals surface area (Å²) in [6.45, 7) is 0. The molecule has 0 aliphatic carbocycles. The molecular formula is C24H22Cl2N2O3. The molecule has 0 amide bonds. The second kappa shape index (κ2) is 9.08. The normalized spacial score (nSPS) is 15.6. The Kier molecular flexibility index (Phi) is 6.25.